The first-order chi connectivity index (χ1) is 22.5. The minimum atomic E-state index is -0.122. The number of rotatable bonds is 36. The van der Waals surface area contributed by atoms with Crippen molar-refractivity contribution in [2.24, 2.45) is 0 Å². The first-order valence-electron chi connectivity index (χ1n) is 19.1. The third kappa shape index (κ3) is 33.7. The van der Waals surface area contributed by atoms with E-state index in [4.69, 9.17) is 23.7 Å². The molecule has 8 nitrogen and oxygen atoms in total. The Labute approximate surface area is 282 Å². The Bertz CT molecular complexity index is 684. The molecule has 0 spiro atoms. The Hall–Kier alpha value is -1.67. The SMILES string of the molecule is CCCCCCCCOC(=O)CCCCCCC(CCCCCCCC(=O)OCCCCCC)OC(=O)CCCCOCCOC. The lowest BCUT2D eigenvalue weighted by Crippen LogP contribution is -2.18. The second-order valence-electron chi connectivity index (χ2n) is 12.7. The number of methoxy groups -OCH3 is 1. The lowest BCUT2D eigenvalue weighted by Gasteiger charge is -2.18. The van der Waals surface area contributed by atoms with E-state index in [0.29, 0.717) is 52.3 Å². The Balaban J connectivity index is 4.19. The van der Waals surface area contributed by atoms with Crippen LogP contribution in [0.1, 0.15) is 181 Å². The second kappa shape index (κ2) is 36.2. The van der Waals surface area contributed by atoms with Crippen molar-refractivity contribution in [1.29, 1.82) is 0 Å². The molecule has 0 aromatic heterocycles. The molecule has 0 aliphatic carbocycles. The number of esters is 3. The monoisotopic (exact) mass is 657 g/mol. The Morgan fingerprint density at radius 3 is 1.39 bits per heavy atom. The van der Waals surface area contributed by atoms with Crippen molar-refractivity contribution in [2.75, 3.05) is 40.1 Å². The molecule has 0 N–H and O–H groups in total. The highest BCUT2D eigenvalue weighted by molar-refractivity contribution is 5.70. The molecule has 0 radical (unpaired) electrons. The first-order valence-corrected chi connectivity index (χ1v) is 19.1. The Morgan fingerprint density at radius 1 is 0.435 bits per heavy atom. The summed E-state index contributed by atoms with van der Waals surface area (Å²) in [6.07, 6.45) is 25.1. The summed E-state index contributed by atoms with van der Waals surface area (Å²) in [6, 6.07) is 0. The number of hydrogen-bond donors (Lipinski definition) is 0. The van der Waals surface area contributed by atoms with Gasteiger partial charge in [-0.3, -0.25) is 14.4 Å². The molecule has 8 heteroatoms. The zero-order valence-electron chi connectivity index (χ0n) is 30.3. The van der Waals surface area contributed by atoms with Gasteiger partial charge < -0.3 is 23.7 Å². The van der Waals surface area contributed by atoms with E-state index >= 15 is 0 Å². The first kappa shape index (κ1) is 44.3. The lowest BCUT2D eigenvalue weighted by molar-refractivity contribution is -0.150. The van der Waals surface area contributed by atoms with Crippen LogP contribution >= 0.6 is 0 Å². The summed E-state index contributed by atoms with van der Waals surface area (Å²) >= 11 is 0. The van der Waals surface area contributed by atoms with Gasteiger partial charge in [-0.05, 0) is 64.2 Å². The smallest absolute Gasteiger partial charge is 0.306 e. The van der Waals surface area contributed by atoms with Crippen molar-refractivity contribution in [3.63, 3.8) is 0 Å². The van der Waals surface area contributed by atoms with Gasteiger partial charge in [0.15, 0.2) is 0 Å². The van der Waals surface area contributed by atoms with Gasteiger partial charge >= 0.3 is 17.9 Å². The summed E-state index contributed by atoms with van der Waals surface area (Å²) in [5, 5.41) is 0. The van der Waals surface area contributed by atoms with Gasteiger partial charge in [-0.1, -0.05) is 97.3 Å². The maximum Gasteiger partial charge on any atom is 0.306 e. The van der Waals surface area contributed by atoms with Crippen LogP contribution in [0.3, 0.4) is 0 Å². The van der Waals surface area contributed by atoms with Gasteiger partial charge in [0.2, 0.25) is 0 Å². The van der Waals surface area contributed by atoms with Crippen LogP contribution in [0.25, 0.3) is 0 Å². The molecule has 0 aliphatic rings. The van der Waals surface area contributed by atoms with Gasteiger partial charge in [0.05, 0.1) is 26.4 Å². The topological polar surface area (TPSA) is 97.4 Å². The molecular formula is C38H72O8. The summed E-state index contributed by atoms with van der Waals surface area (Å²) in [5.74, 6) is -0.276. The van der Waals surface area contributed by atoms with Gasteiger partial charge in [0, 0.05) is 33.0 Å². The van der Waals surface area contributed by atoms with Crippen molar-refractivity contribution < 1.29 is 38.1 Å². The second-order valence-corrected chi connectivity index (χ2v) is 12.7. The van der Waals surface area contributed by atoms with Crippen LogP contribution in [0.2, 0.25) is 0 Å². The van der Waals surface area contributed by atoms with Gasteiger partial charge in [-0.25, -0.2) is 0 Å². The average molecular weight is 657 g/mol. The lowest BCUT2D eigenvalue weighted by atomic mass is 10.0. The van der Waals surface area contributed by atoms with Crippen molar-refractivity contribution in [3.05, 3.63) is 0 Å². The molecule has 1 atom stereocenters. The van der Waals surface area contributed by atoms with E-state index in [2.05, 4.69) is 13.8 Å². The number of ether oxygens (including phenoxy) is 5. The number of carbonyl (C=O) groups excluding carboxylic acids is 3. The molecule has 0 aromatic carbocycles. The van der Waals surface area contributed by atoms with E-state index in [1.54, 1.807) is 7.11 Å². The standard InChI is InChI=1S/C38H72O8/c1-4-6-8-10-16-23-32-45-37(40)28-20-15-14-18-26-35(46-38(41)29-21-24-30-43-34-33-42-3)25-17-12-11-13-19-27-36(39)44-31-22-9-7-5-2/h35H,4-34H2,1-3H3. The molecule has 0 saturated carbocycles. The average Bonchev–Trinajstić information content (AvgIpc) is 3.04. The third-order valence-corrected chi connectivity index (χ3v) is 8.24. The van der Waals surface area contributed by atoms with Crippen LogP contribution in [0.5, 0.6) is 0 Å². The number of carbonyl (C=O) groups is 3. The molecule has 0 aromatic rings. The zero-order valence-corrected chi connectivity index (χ0v) is 30.3. The minimum absolute atomic E-state index is 0.0598. The molecule has 0 rings (SSSR count). The molecule has 0 saturated heterocycles. The van der Waals surface area contributed by atoms with E-state index in [1.807, 2.05) is 0 Å². The van der Waals surface area contributed by atoms with Crippen molar-refractivity contribution >= 4 is 17.9 Å². The van der Waals surface area contributed by atoms with Gasteiger partial charge in [-0.15, -0.1) is 0 Å². The van der Waals surface area contributed by atoms with Crippen molar-refractivity contribution in [3.8, 4) is 0 Å². The fraction of sp³-hybridized carbons (Fsp3) is 0.921. The summed E-state index contributed by atoms with van der Waals surface area (Å²) in [6.45, 7) is 7.27. The molecule has 0 bridgehead atoms. The van der Waals surface area contributed by atoms with Gasteiger partial charge in [0.1, 0.15) is 6.10 Å². The molecule has 0 aliphatic heterocycles. The highest BCUT2D eigenvalue weighted by Crippen LogP contribution is 2.18. The van der Waals surface area contributed by atoms with E-state index in [9.17, 15) is 14.4 Å². The van der Waals surface area contributed by atoms with Crippen LogP contribution in [0, 0.1) is 0 Å². The van der Waals surface area contributed by atoms with E-state index in [1.165, 1.54) is 38.5 Å². The summed E-state index contributed by atoms with van der Waals surface area (Å²) in [7, 11) is 1.65. The maximum absolute atomic E-state index is 12.6. The fourth-order valence-electron chi connectivity index (χ4n) is 5.32. The number of hydrogen-bond acceptors (Lipinski definition) is 8. The van der Waals surface area contributed by atoms with Gasteiger partial charge in [-0.2, -0.15) is 0 Å². The molecule has 0 fully saturated rings. The third-order valence-electron chi connectivity index (χ3n) is 8.24. The van der Waals surface area contributed by atoms with Crippen molar-refractivity contribution in [2.45, 2.75) is 187 Å². The molecule has 46 heavy (non-hydrogen) atoms. The van der Waals surface area contributed by atoms with Crippen LogP contribution in [-0.2, 0) is 38.1 Å². The normalized spacial score (nSPS) is 11.8. The maximum atomic E-state index is 12.6. The number of unbranched alkanes of at least 4 members (excludes halogenated alkanes) is 16. The predicted octanol–water partition coefficient (Wildman–Crippen LogP) is 9.83. The van der Waals surface area contributed by atoms with E-state index < -0.39 is 0 Å². The quantitative estimate of drug-likeness (QED) is 0.0373. The Kier molecular flexibility index (Phi) is 34.9. The van der Waals surface area contributed by atoms with E-state index in [-0.39, 0.29) is 24.0 Å². The Morgan fingerprint density at radius 2 is 0.848 bits per heavy atom. The van der Waals surface area contributed by atoms with E-state index in [0.717, 1.165) is 109 Å². The van der Waals surface area contributed by atoms with Crippen LogP contribution < -0.4 is 0 Å². The fourth-order valence-corrected chi connectivity index (χ4v) is 5.32. The highest BCUT2D eigenvalue weighted by atomic mass is 16.5. The molecule has 0 heterocycles. The predicted molar refractivity (Wildman–Crippen MR) is 186 cm³/mol. The summed E-state index contributed by atoms with van der Waals surface area (Å²) in [5.41, 5.74) is 0. The summed E-state index contributed by atoms with van der Waals surface area (Å²) in [4.78, 5) is 36.5. The molecule has 1 unspecified atom stereocenters. The largest absolute Gasteiger partial charge is 0.466 e. The minimum Gasteiger partial charge on any atom is -0.466 e. The summed E-state index contributed by atoms with van der Waals surface area (Å²) < 4.78 is 27.1. The highest BCUT2D eigenvalue weighted by Gasteiger charge is 2.14. The molecule has 272 valence electrons. The van der Waals surface area contributed by atoms with Crippen LogP contribution in [0.4, 0.5) is 0 Å². The molecule has 0 amide bonds. The van der Waals surface area contributed by atoms with Crippen molar-refractivity contribution in [1.82, 2.24) is 0 Å². The van der Waals surface area contributed by atoms with Gasteiger partial charge in [0.25, 0.3) is 0 Å². The van der Waals surface area contributed by atoms with Crippen LogP contribution in [-0.4, -0.2) is 64.2 Å². The van der Waals surface area contributed by atoms with Crippen LogP contribution in [0.15, 0.2) is 0 Å². The molecular weight excluding hydrogens is 584 g/mol. The zero-order chi connectivity index (χ0) is 33.8.